The molecule has 0 atom stereocenters. The van der Waals surface area contributed by atoms with E-state index in [4.69, 9.17) is 19.9 Å². The Hall–Kier alpha value is -3.67. The lowest BCUT2D eigenvalue weighted by Gasteiger charge is -2.18. The summed E-state index contributed by atoms with van der Waals surface area (Å²) in [6.45, 7) is -0.243. The molecule has 0 saturated heterocycles. The lowest BCUT2D eigenvalue weighted by atomic mass is 10.1. The third kappa shape index (κ3) is 4.01. The number of nitrogens with zero attached hydrogens (tertiary/aromatic N) is 1. The van der Waals surface area contributed by atoms with E-state index < -0.39 is 35.0 Å². The highest BCUT2D eigenvalue weighted by Crippen LogP contribution is 2.39. The second kappa shape index (κ2) is 8.22. The predicted molar refractivity (Wildman–Crippen MR) is 108 cm³/mol. The minimum atomic E-state index is -1.07. The Labute approximate surface area is 179 Å². The van der Waals surface area contributed by atoms with Crippen molar-refractivity contribution in [3.63, 3.8) is 0 Å². The van der Waals surface area contributed by atoms with E-state index in [0.29, 0.717) is 11.4 Å². The molecule has 2 amide bonds. The third-order valence-electron chi connectivity index (χ3n) is 4.83. The summed E-state index contributed by atoms with van der Waals surface area (Å²) in [5.41, 5.74) is 5.68. The molecule has 0 unspecified atom stereocenters. The SMILES string of the molecule is NC(=O)c1c(NC(=O)COC(=O)c2cc3c(cc2[N+](=O)[O-])OCCO3)sc2c1CCC2. The Bertz CT molecular complexity index is 1110. The largest absolute Gasteiger partial charge is 0.486 e. The second-order valence-electron chi connectivity index (χ2n) is 6.82. The standard InChI is InChI=1S/C19H17N3O8S/c20-17(24)16-9-2-1-3-14(9)31-18(16)21-15(23)8-30-19(25)10-6-12-13(29-5-4-28-12)7-11(10)22(26)27/h6-7H,1-5,8H2,(H2,20,24)(H,21,23). The van der Waals surface area contributed by atoms with Gasteiger partial charge in [-0.1, -0.05) is 0 Å². The van der Waals surface area contributed by atoms with Crippen molar-refractivity contribution < 1.29 is 33.5 Å². The number of carbonyl (C=O) groups is 3. The molecule has 0 fully saturated rings. The molecule has 4 rings (SSSR count). The summed E-state index contributed by atoms with van der Waals surface area (Å²) in [5.74, 6) is -2.08. The van der Waals surface area contributed by atoms with E-state index in [1.165, 1.54) is 11.3 Å². The molecular weight excluding hydrogens is 430 g/mol. The topological polar surface area (TPSA) is 160 Å². The van der Waals surface area contributed by atoms with Gasteiger partial charge in [0, 0.05) is 10.9 Å². The van der Waals surface area contributed by atoms with Gasteiger partial charge >= 0.3 is 5.97 Å². The van der Waals surface area contributed by atoms with Gasteiger partial charge in [0.1, 0.15) is 23.8 Å². The first-order valence-electron chi connectivity index (χ1n) is 9.34. The van der Waals surface area contributed by atoms with E-state index in [1.54, 1.807) is 0 Å². The lowest BCUT2D eigenvalue weighted by molar-refractivity contribution is -0.385. The van der Waals surface area contributed by atoms with Crippen LogP contribution >= 0.6 is 11.3 Å². The van der Waals surface area contributed by atoms with E-state index in [-0.39, 0.29) is 35.8 Å². The van der Waals surface area contributed by atoms with Crippen LogP contribution in [0.4, 0.5) is 10.7 Å². The zero-order valence-electron chi connectivity index (χ0n) is 16.1. The fraction of sp³-hybridized carbons (Fsp3) is 0.316. The molecule has 2 aromatic rings. The van der Waals surface area contributed by atoms with Gasteiger partial charge in [0.25, 0.3) is 17.5 Å². The number of aryl methyl sites for hydroxylation is 1. The molecule has 0 bridgehead atoms. The van der Waals surface area contributed by atoms with Gasteiger partial charge < -0.3 is 25.3 Å². The van der Waals surface area contributed by atoms with Crippen LogP contribution in [0.3, 0.4) is 0 Å². The van der Waals surface area contributed by atoms with Gasteiger partial charge in [-0.05, 0) is 24.8 Å². The van der Waals surface area contributed by atoms with E-state index in [9.17, 15) is 24.5 Å². The normalized spacial score (nSPS) is 13.9. The number of benzene rings is 1. The number of nitro groups is 1. The molecule has 1 aliphatic carbocycles. The number of hydrogen-bond donors (Lipinski definition) is 2. The quantitative estimate of drug-likeness (QED) is 0.385. The fourth-order valence-electron chi connectivity index (χ4n) is 3.52. The Morgan fingerprint density at radius 2 is 1.90 bits per heavy atom. The molecule has 0 radical (unpaired) electrons. The van der Waals surface area contributed by atoms with Gasteiger partial charge in [-0.2, -0.15) is 0 Å². The summed E-state index contributed by atoms with van der Waals surface area (Å²) in [4.78, 5) is 48.1. The smallest absolute Gasteiger partial charge is 0.345 e. The molecule has 1 aromatic heterocycles. The summed E-state index contributed by atoms with van der Waals surface area (Å²) < 4.78 is 15.6. The van der Waals surface area contributed by atoms with Crippen molar-refractivity contribution in [1.82, 2.24) is 0 Å². The number of anilines is 1. The number of hydrogen-bond acceptors (Lipinski definition) is 9. The van der Waals surface area contributed by atoms with Crippen molar-refractivity contribution in [3.8, 4) is 11.5 Å². The number of ether oxygens (including phenoxy) is 3. The summed E-state index contributed by atoms with van der Waals surface area (Å²) >= 11 is 1.26. The Balaban J connectivity index is 1.47. The number of esters is 1. The highest BCUT2D eigenvalue weighted by molar-refractivity contribution is 7.17. The van der Waals surface area contributed by atoms with Crippen LogP contribution in [-0.4, -0.2) is 42.5 Å². The number of amides is 2. The predicted octanol–water partition coefficient (Wildman–Crippen LogP) is 1.81. The maximum atomic E-state index is 12.4. The Morgan fingerprint density at radius 1 is 1.19 bits per heavy atom. The molecular formula is C19H17N3O8S. The molecule has 1 aromatic carbocycles. The number of carbonyl (C=O) groups excluding carboxylic acids is 3. The van der Waals surface area contributed by atoms with Crippen molar-refractivity contribution in [2.75, 3.05) is 25.1 Å². The van der Waals surface area contributed by atoms with Crippen LogP contribution < -0.4 is 20.5 Å². The number of nitrogens with two attached hydrogens (primary N) is 1. The number of rotatable bonds is 6. The van der Waals surface area contributed by atoms with Gasteiger partial charge in [-0.25, -0.2) is 4.79 Å². The average molecular weight is 447 g/mol. The summed E-state index contributed by atoms with van der Waals surface area (Å²) in [6, 6.07) is 2.24. The van der Waals surface area contributed by atoms with E-state index in [1.807, 2.05) is 0 Å². The Morgan fingerprint density at radius 3 is 2.58 bits per heavy atom. The van der Waals surface area contributed by atoms with Crippen LogP contribution in [0.15, 0.2) is 12.1 Å². The van der Waals surface area contributed by atoms with Crippen molar-refractivity contribution in [1.29, 1.82) is 0 Å². The van der Waals surface area contributed by atoms with Crippen LogP contribution in [-0.2, 0) is 22.4 Å². The zero-order chi connectivity index (χ0) is 22.1. The highest BCUT2D eigenvalue weighted by atomic mass is 32.1. The van der Waals surface area contributed by atoms with Crippen molar-refractivity contribution in [2.24, 2.45) is 5.73 Å². The molecule has 0 saturated carbocycles. The number of fused-ring (bicyclic) bond motifs is 2. The molecule has 0 spiro atoms. The maximum absolute atomic E-state index is 12.4. The molecule has 1 aliphatic heterocycles. The molecule has 162 valence electrons. The van der Waals surface area contributed by atoms with Crippen molar-refractivity contribution in [2.45, 2.75) is 19.3 Å². The molecule has 12 heteroatoms. The number of nitro benzene ring substituents is 1. The van der Waals surface area contributed by atoms with Gasteiger partial charge in [0.2, 0.25) is 0 Å². The highest BCUT2D eigenvalue weighted by Gasteiger charge is 2.29. The first-order chi connectivity index (χ1) is 14.8. The molecule has 2 heterocycles. The van der Waals surface area contributed by atoms with Crippen LogP contribution in [0.5, 0.6) is 11.5 Å². The average Bonchev–Trinajstić information content (AvgIpc) is 3.31. The molecule has 2 aliphatic rings. The Kier molecular flexibility index (Phi) is 5.46. The van der Waals surface area contributed by atoms with Crippen LogP contribution in [0.2, 0.25) is 0 Å². The van der Waals surface area contributed by atoms with Gasteiger partial charge in [0.15, 0.2) is 18.1 Å². The second-order valence-corrected chi connectivity index (χ2v) is 7.93. The molecule has 3 N–H and O–H groups in total. The maximum Gasteiger partial charge on any atom is 0.345 e. The fourth-order valence-corrected chi connectivity index (χ4v) is 4.83. The van der Waals surface area contributed by atoms with Gasteiger partial charge in [-0.15, -0.1) is 11.3 Å². The summed E-state index contributed by atoms with van der Waals surface area (Å²) in [6.07, 6.45) is 2.43. The lowest BCUT2D eigenvalue weighted by Crippen LogP contribution is -2.23. The summed E-state index contributed by atoms with van der Waals surface area (Å²) in [7, 11) is 0. The summed E-state index contributed by atoms with van der Waals surface area (Å²) in [5, 5.41) is 14.2. The first kappa shape index (κ1) is 20.6. The van der Waals surface area contributed by atoms with Gasteiger partial charge in [-0.3, -0.25) is 19.7 Å². The zero-order valence-corrected chi connectivity index (χ0v) is 16.9. The minimum Gasteiger partial charge on any atom is -0.486 e. The van der Waals surface area contributed by atoms with Crippen LogP contribution in [0, 0.1) is 10.1 Å². The van der Waals surface area contributed by atoms with Crippen LogP contribution in [0.25, 0.3) is 0 Å². The van der Waals surface area contributed by atoms with E-state index >= 15 is 0 Å². The number of thiophene rings is 1. The molecule has 31 heavy (non-hydrogen) atoms. The number of primary amides is 1. The van der Waals surface area contributed by atoms with E-state index in [0.717, 1.165) is 35.4 Å². The van der Waals surface area contributed by atoms with Gasteiger partial charge in [0.05, 0.1) is 16.6 Å². The van der Waals surface area contributed by atoms with Crippen molar-refractivity contribution >= 4 is 39.8 Å². The van der Waals surface area contributed by atoms with Crippen LogP contribution in [0.1, 0.15) is 37.6 Å². The third-order valence-corrected chi connectivity index (χ3v) is 6.04. The van der Waals surface area contributed by atoms with Crippen molar-refractivity contribution in [3.05, 3.63) is 43.8 Å². The minimum absolute atomic E-state index is 0.150. The monoisotopic (exact) mass is 447 g/mol. The first-order valence-corrected chi connectivity index (χ1v) is 10.2. The number of nitrogens with one attached hydrogen (secondary N) is 1. The van der Waals surface area contributed by atoms with E-state index in [2.05, 4.69) is 5.32 Å². The molecule has 11 nitrogen and oxygen atoms in total.